The van der Waals surface area contributed by atoms with Gasteiger partial charge in [0.15, 0.2) is 0 Å². The van der Waals surface area contributed by atoms with E-state index in [9.17, 15) is 19.8 Å². The van der Waals surface area contributed by atoms with Crippen LogP contribution in [0.5, 0.6) is 0 Å². The number of aliphatic hydroxyl groups excluding tert-OH is 2. The molecule has 2 atom stereocenters. The molecule has 0 aromatic rings. The molecule has 0 rings (SSSR count). The van der Waals surface area contributed by atoms with Crippen molar-refractivity contribution >= 4 is 11.9 Å². The molecule has 0 aliphatic carbocycles. The van der Waals surface area contributed by atoms with Crippen LogP contribution < -0.4 is 5.32 Å². The lowest BCUT2D eigenvalue weighted by Crippen LogP contribution is -2.45. The zero-order chi connectivity index (χ0) is 46.5. The van der Waals surface area contributed by atoms with Gasteiger partial charge in [-0.3, -0.25) is 9.59 Å². The molecule has 382 valence electrons. The summed E-state index contributed by atoms with van der Waals surface area (Å²) in [6.45, 7) is 4.92. The van der Waals surface area contributed by atoms with E-state index in [1.54, 1.807) is 0 Å². The zero-order valence-corrected chi connectivity index (χ0v) is 43.5. The molecule has 0 bridgehead atoms. The van der Waals surface area contributed by atoms with Crippen LogP contribution in [0, 0.1) is 0 Å². The summed E-state index contributed by atoms with van der Waals surface area (Å²) in [5, 5.41) is 23.3. The van der Waals surface area contributed by atoms with Crippen molar-refractivity contribution in [3.63, 3.8) is 0 Å². The van der Waals surface area contributed by atoms with Crippen LogP contribution in [-0.4, -0.2) is 47.4 Å². The Labute approximate surface area is 400 Å². The van der Waals surface area contributed by atoms with Crippen LogP contribution in [0.15, 0.2) is 0 Å². The molecule has 6 nitrogen and oxygen atoms in total. The van der Waals surface area contributed by atoms with Crippen molar-refractivity contribution in [2.24, 2.45) is 0 Å². The average Bonchev–Trinajstić information content (AvgIpc) is 3.29. The number of carbonyl (C=O) groups is 2. The molecular weight excluding hydrogens is 791 g/mol. The van der Waals surface area contributed by atoms with Gasteiger partial charge in [-0.2, -0.15) is 0 Å². The summed E-state index contributed by atoms with van der Waals surface area (Å²) < 4.78 is 5.46. The summed E-state index contributed by atoms with van der Waals surface area (Å²) in [4.78, 5) is 24.5. The Balaban J connectivity index is 3.45. The molecule has 0 radical (unpaired) electrons. The van der Waals surface area contributed by atoms with Crippen molar-refractivity contribution in [2.45, 2.75) is 347 Å². The Kier molecular flexibility index (Phi) is 53.5. The quantitative estimate of drug-likeness (QED) is 0.0417. The highest BCUT2D eigenvalue weighted by Gasteiger charge is 2.20. The Morgan fingerprint density at radius 3 is 0.953 bits per heavy atom. The third-order valence-corrected chi connectivity index (χ3v) is 13.9. The van der Waals surface area contributed by atoms with Crippen molar-refractivity contribution < 1.29 is 24.5 Å². The summed E-state index contributed by atoms with van der Waals surface area (Å²) in [6, 6.07) is -0.561. The van der Waals surface area contributed by atoms with E-state index >= 15 is 0 Å². The van der Waals surface area contributed by atoms with Gasteiger partial charge in [0.25, 0.3) is 0 Å². The lowest BCUT2D eigenvalue weighted by atomic mass is 10.0. The molecule has 1 amide bonds. The Morgan fingerprint density at radius 2 is 0.641 bits per heavy atom. The summed E-state index contributed by atoms with van der Waals surface area (Å²) in [6.07, 6.45) is 62.4. The second-order valence-electron chi connectivity index (χ2n) is 20.3. The van der Waals surface area contributed by atoms with Crippen LogP contribution in [0.1, 0.15) is 335 Å². The molecule has 6 heteroatoms. The standard InChI is InChI=1S/C58H115NO5/c1-3-5-7-9-11-13-15-17-19-20-21-22-23-24-25-26-27-28-29-31-34-38-42-46-50-56(61)55(54-60)59-57(62)51-47-43-39-35-33-37-41-45-49-53-64-58(63)52-48-44-40-36-32-30-18-16-14-12-10-8-6-4-2/h55-56,60-61H,3-54H2,1-2H3,(H,59,62). The number of rotatable bonds is 55. The monoisotopic (exact) mass is 906 g/mol. The van der Waals surface area contributed by atoms with Crippen LogP contribution in [-0.2, 0) is 14.3 Å². The number of nitrogens with one attached hydrogen (secondary N) is 1. The van der Waals surface area contributed by atoms with Crippen LogP contribution >= 0.6 is 0 Å². The summed E-state index contributed by atoms with van der Waals surface area (Å²) in [7, 11) is 0. The Bertz CT molecular complexity index is 913. The maximum absolute atomic E-state index is 12.5. The van der Waals surface area contributed by atoms with Gasteiger partial charge in [-0.15, -0.1) is 0 Å². The molecule has 0 aromatic carbocycles. The second-order valence-corrected chi connectivity index (χ2v) is 20.3. The van der Waals surface area contributed by atoms with E-state index in [0.717, 1.165) is 57.8 Å². The molecule has 2 unspecified atom stereocenters. The minimum Gasteiger partial charge on any atom is -0.466 e. The predicted molar refractivity (Wildman–Crippen MR) is 278 cm³/mol. The number of amides is 1. The minimum absolute atomic E-state index is 0.0210. The van der Waals surface area contributed by atoms with Crippen molar-refractivity contribution in [1.29, 1.82) is 0 Å². The highest BCUT2D eigenvalue weighted by molar-refractivity contribution is 5.76. The number of ether oxygens (including phenoxy) is 1. The smallest absolute Gasteiger partial charge is 0.305 e. The van der Waals surface area contributed by atoms with Crippen molar-refractivity contribution in [3.05, 3.63) is 0 Å². The molecule has 0 aliphatic rings. The molecule has 0 saturated carbocycles. The molecular formula is C58H115NO5. The minimum atomic E-state index is -0.681. The van der Waals surface area contributed by atoms with Gasteiger partial charge in [0.2, 0.25) is 5.91 Å². The predicted octanol–water partition coefficient (Wildman–Crippen LogP) is 17.9. The molecule has 0 spiro atoms. The van der Waals surface area contributed by atoms with Gasteiger partial charge in [0.1, 0.15) is 0 Å². The fraction of sp³-hybridized carbons (Fsp3) is 0.966. The van der Waals surface area contributed by atoms with Crippen LogP contribution in [0.4, 0.5) is 0 Å². The fourth-order valence-corrected chi connectivity index (χ4v) is 9.41. The van der Waals surface area contributed by atoms with Crippen LogP contribution in [0.3, 0.4) is 0 Å². The average molecular weight is 907 g/mol. The molecule has 3 N–H and O–H groups in total. The molecule has 0 saturated heterocycles. The van der Waals surface area contributed by atoms with E-state index in [2.05, 4.69) is 19.2 Å². The summed E-state index contributed by atoms with van der Waals surface area (Å²) in [5.41, 5.74) is 0. The van der Waals surface area contributed by atoms with Gasteiger partial charge in [-0.1, -0.05) is 296 Å². The first-order chi connectivity index (χ1) is 31.5. The van der Waals surface area contributed by atoms with Crippen LogP contribution in [0.25, 0.3) is 0 Å². The van der Waals surface area contributed by atoms with Gasteiger partial charge < -0.3 is 20.3 Å². The van der Waals surface area contributed by atoms with Crippen molar-refractivity contribution in [1.82, 2.24) is 5.32 Å². The highest BCUT2D eigenvalue weighted by atomic mass is 16.5. The first kappa shape index (κ1) is 62.9. The molecule has 0 aromatic heterocycles. The summed E-state index contributed by atoms with van der Waals surface area (Å²) in [5.74, 6) is -0.0784. The fourth-order valence-electron chi connectivity index (χ4n) is 9.41. The number of carbonyl (C=O) groups excluding carboxylic acids is 2. The number of esters is 1. The third kappa shape index (κ3) is 50.3. The topological polar surface area (TPSA) is 95.9 Å². The SMILES string of the molecule is CCCCCCCCCCCCCCCCCCCCCCCCCCC(O)C(CO)NC(=O)CCCCCCCCCCCOC(=O)CCCCCCCCCCCCCCCC. The van der Waals surface area contributed by atoms with Crippen LogP contribution in [0.2, 0.25) is 0 Å². The largest absolute Gasteiger partial charge is 0.466 e. The first-order valence-corrected chi connectivity index (χ1v) is 29.3. The van der Waals surface area contributed by atoms with Crippen molar-refractivity contribution in [3.8, 4) is 0 Å². The van der Waals surface area contributed by atoms with E-state index in [1.807, 2.05) is 0 Å². The number of hydrogen-bond acceptors (Lipinski definition) is 5. The first-order valence-electron chi connectivity index (χ1n) is 29.3. The highest BCUT2D eigenvalue weighted by Crippen LogP contribution is 2.18. The van der Waals surface area contributed by atoms with Gasteiger partial charge in [0.05, 0.1) is 25.4 Å². The molecule has 0 aliphatic heterocycles. The van der Waals surface area contributed by atoms with Crippen molar-refractivity contribution in [2.75, 3.05) is 13.2 Å². The zero-order valence-electron chi connectivity index (χ0n) is 43.5. The number of aliphatic hydroxyl groups is 2. The Hall–Kier alpha value is -1.14. The number of unbranched alkanes of at least 4 members (excludes halogenated alkanes) is 44. The van der Waals surface area contributed by atoms with E-state index in [1.165, 1.54) is 244 Å². The van der Waals surface area contributed by atoms with E-state index in [-0.39, 0.29) is 18.5 Å². The van der Waals surface area contributed by atoms with Gasteiger partial charge >= 0.3 is 5.97 Å². The Morgan fingerprint density at radius 1 is 0.375 bits per heavy atom. The van der Waals surface area contributed by atoms with E-state index in [4.69, 9.17) is 4.74 Å². The van der Waals surface area contributed by atoms with Gasteiger partial charge in [-0.05, 0) is 25.7 Å². The number of hydrogen-bond donors (Lipinski definition) is 3. The third-order valence-electron chi connectivity index (χ3n) is 13.9. The molecule has 0 heterocycles. The lowest BCUT2D eigenvalue weighted by Gasteiger charge is -2.22. The van der Waals surface area contributed by atoms with Gasteiger partial charge in [0, 0.05) is 12.8 Å². The van der Waals surface area contributed by atoms with E-state index in [0.29, 0.717) is 25.9 Å². The lowest BCUT2D eigenvalue weighted by molar-refractivity contribution is -0.143. The van der Waals surface area contributed by atoms with E-state index < -0.39 is 12.1 Å². The van der Waals surface area contributed by atoms with Gasteiger partial charge in [-0.25, -0.2) is 0 Å². The molecule has 64 heavy (non-hydrogen) atoms. The molecule has 0 fully saturated rings. The summed E-state index contributed by atoms with van der Waals surface area (Å²) >= 11 is 0. The maximum atomic E-state index is 12.5. The second kappa shape index (κ2) is 54.5. The maximum Gasteiger partial charge on any atom is 0.305 e. The normalized spacial score (nSPS) is 12.5.